The van der Waals surface area contributed by atoms with Crippen molar-refractivity contribution in [1.82, 2.24) is 10.2 Å². The van der Waals surface area contributed by atoms with Crippen LogP contribution in [0.1, 0.15) is 45.0 Å². The minimum absolute atomic E-state index is 0.0327. The van der Waals surface area contributed by atoms with Gasteiger partial charge in [0.05, 0.1) is 5.56 Å². The van der Waals surface area contributed by atoms with E-state index in [1.54, 1.807) is 29.3 Å². The monoisotopic (exact) mass is 391 g/mol. The molecule has 1 fully saturated rings. The van der Waals surface area contributed by atoms with Gasteiger partial charge in [-0.3, -0.25) is 9.59 Å². The van der Waals surface area contributed by atoms with E-state index in [4.69, 9.17) is 10.5 Å². The molecule has 0 bridgehead atoms. The number of primary amides is 1. The number of carbonyl (C=O) groups excluding carboxylic acids is 2. The molecule has 2 aromatic rings. The second-order valence-electron chi connectivity index (χ2n) is 6.37. The van der Waals surface area contributed by atoms with Crippen molar-refractivity contribution >= 4 is 23.2 Å². The van der Waals surface area contributed by atoms with Crippen molar-refractivity contribution in [2.75, 3.05) is 26.2 Å². The van der Waals surface area contributed by atoms with Crippen LogP contribution in [0.2, 0.25) is 0 Å². The van der Waals surface area contributed by atoms with Crippen molar-refractivity contribution in [2.24, 2.45) is 5.73 Å². The van der Waals surface area contributed by atoms with Crippen LogP contribution < -0.4 is 15.8 Å². The van der Waals surface area contributed by atoms with Gasteiger partial charge in [0, 0.05) is 19.6 Å². The lowest BCUT2D eigenvalue weighted by Crippen LogP contribution is -2.34. The van der Waals surface area contributed by atoms with Crippen LogP contribution >= 0.6 is 11.3 Å². The van der Waals surface area contributed by atoms with Crippen LogP contribution in [0.4, 0.5) is 4.39 Å². The molecule has 1 atom stereocenters. The molecule has 6 nitrogen and oxygen atoms in total. The zero-order valence-electron chi connectivity index (χ0n) is 15.0. The van der Waals surface area contributed by atoms with Gasteiger partial charge in [-0.2, -0.15) is 0 Å². The summed E-state index contributed by atoms with van der Waals surface area (Å²) in [5.74, 6) is -1.05. The Labute approximate surface area is 161 Å². The summed E-state index contributed by atoms with van der Waals surface area (Å²) >= 11 is 1.20. The average molecular weight is 391 g/mol. The highest BCUT2D eigenvalue weighted by Gasteiger charge is 2.22. The second-order valence-corrected chi connectivity index (χ2v) is 7.29. The number of hydrogen-bond acceptors (Lipinski definition) is 5. The molecule has 0 spiro atoms. The predicted octanol–water partition coefficient (Wildman–Crippen LogP) is 2.56. The topological polar surface area (TPSA) is 84.7 Å². The summed E-state index contributed by atoms with van der Waals surface area (Å²) in [6, 6.07) is 6.05. The van der Waals surface area contributed by atoms with Gasteiger partial charge < -0.3 is 20.7 Å². The normalized spacial score (nSPS) is 15.9. The van der Waals surface area contributed by atoms with Crippen molar-refractivity contribution in [3.8, 4) is 5.75 Å². The minimum Gasteiger partial charge on any atom is -0.484 e. The number of nitrogens with one attached hydrogen (secondary N) is 1. The van der Waals surface area contributed by atoms with Gasteiger partial charge in [0.15, 0.2) is 0 Å². The fraction of sp³-hybridized carbons (Fsp3) is 0.368. The zero-order chi connectivity index (χ0) is 19.4. The number of thiophene rings is 1. The van der Waals surface area contributed by atoms with Crippen molar-refractivity contribution in [3.05, 3.63) is 51.5 Å². The Balaban J connectivity index is 1.80. The van der Waals surface area contributed by atoms with Crippen molar-refractivity contribution in [1.29, 1.82) is 0 Å². The lowest BCUT2D eigenvalue weighted by atomic mass is 10.0. The number of nitrogens with zero attached hydrogens (tertiary/aromatic N) is 1. The number of rotatable bonds is 5. The van der Waals surface area contributed by atoms with E-state index in [2.05, 4.69) is 5.32 Å². The first-order valence-electron chi connectivity index (χ1n) is 8.80. The molecule has 3 rings (SSSR count). The van der Waals surface area contributed by atoms with Gasteiger partial charge in [0.1, 0.15) is 22.5 Å². The molecule has 1 aromatic carbocycles. The quantitative estimate of drug-likeness (QED) is 0.820. The van der Waals surface area contributed by atoms with Crippen molar-refractivity contribution < 1.29 is 18.7 Å². The summed E-state index contributed by atoms with van der Waals surface area (Å²) in [6.45, 7) is 4.46. The van der Waals surface area contributed by atoms with Gasteiger partial charge in [0.2, 0.25) is 0 Å². The number of ether oxygens (including phenoxy) is 1. The summed E-state index contributed by atoms with van der Waals surface area (Å²) in [4.78, 5) is 26.2. The molecule has 0 saturated carbocycles. The van der Waals surface area contributed by atoms with Crippen LogP contribution in [0.5, 0.6) is 5.75 Å². The lowest BCUT2D eigenvalue weighted by Gasteiger charge is -2.21. The lowest BCUT2D eigenvalue weighted by molar-refractivity contribution is 0.0761. The van der Waals surface area contributed by atoms with E-state index >= 15 is 0 Å². The summed E-state index contributed by atoms with van der Waals surface area (Å²) in [5, 5.41) is 4.94. The Hall–Kier alpha value is -2.45. The number of hydrogen-bond donors (Lipinski definition) is 2. The fourth-order valence-corrected chi connectivity index (χ4v) is 3.68. The van der Waals surface area contributed by atoms with E-state index in [0.29, 0.717) is 35.8 Å². The first-order chi connectivity index (χ1) is 13.0. The summed E-state index contributed by atoms with van der Waals surface area (Å²) in [5.41, 5.74) is 6.02. The molecule has 1 unspecified atom stereocenters. The first-order valence-corrected chi connectivity index (χ1v) is 9.68. The first kappa shape index (κ1) is 19.3. The highest BCUT2D eigenvalue weighted by Crippen LogP contribution is 2.30. The molecule has 8 heteroatoms. The van der Waals surface area contributed by atoms with Gasteiger partial charge in [-0.1, -0.05) is 6.07 Å². The highest BCUT2D eigenvalue weighted by atomic mass is 32.1. The SMILES string of the molecule is CC(Oc1ccsc1C(N)=O)c1ccc(F)c(C(=O)N2CCCNCC2)c1. The van der Waals surface area contributed by atoms with Crippen LogP contribution in [-0.2, 0) is 0 Å². The maximum absolute atomic E-state index is 14.3. The van der Waals surface area contributed by atoms with Crippen molar-refractivity contribution in [3.63, 3.8) is 0 Å². The van der Waals surface area contributed by atoms with E-state index in [1.165, 1.54) is 23.5 Å². The summed E-state index contributed by atoms with van der Waals surface area (Å²) < 4.78 is 20.1. The summed E-state index contributed by atoms with van der Waals surface area (Å²) in [7, 11) is 0. The maximum atomic E-state index is 14.3. The Bertz CT molecular complexity index is 831. The second kappa shape index (κ2) is 8.49. The third kappa shape index (κ3) is 4.45. The minimum atomic E-state index is -0.558. The molecule has 2 amide bonds. The number of benzene rings is 1. The van der Waals surface area contributed by atoms with Crippen molar-refractivity contribution in [2.45, 2.75) is 19.4 Å². The number of halogens is 1. The Morgan fingerprint density at radius 2 is 2.11 bits per heavy atom. The molecule has 144 valence electrons. The van der Waals surface area contributed by atoms with Crippen LogP contribution in [0, 0.1) is 5.82 Å². The van der Waals surface area contributed by atoms with Gasteiger partial charge >= 0.3 is 0 Å². The van der Waals surface area contributed by atoms with Crippen LogP contribution in [0.3, 0.4) is 0 Å². The highest BCUT2D eigenvalue weighted by molar-refractivity contribution is 7.12. The Kier molecular flexibility index (Phi) is 6.08. The molecular weight excluding hydrogens is 369 g/mol. The van der Waals surface area contributed by atoms with E-state index in [9.17, 15) is 14.0 Å². The third-order valence-electron chi connectivity index (χ3n) is 4.47. The Morgan fingerprint density at radius 3 is 2.89 bits per heavy atom. The Morgan fingerprint density at radius 1 is 1.30 bits per heavy atom. The molecule has 1 aliphatic rings. The van der Waals surface area contributed by atoms with Gasteiger partial charge in [-0.05, 0) is 49.0 Å². The number of amides is 2. The number of nitrogens with two attached hydrogens (primary N) is 1. The molecular formula is C19H22FN3O3S. The molecule has 0 radical (unpaired) electrons. The molecule has 27 heavy (non-hydrogen) atoms. The van der Waals surface area contributed by atoms with Crippen LogP contribution in [0.15, 0.2) is 29.6 Å². The maximum Gasteiger partial charge on any atom is 0.262 e. The largest absolute Gasteiger partial charge is 0.484 e. The predicted molar refractivity (Wildman–Crippen MR) is 102 cm³/mol. The molecule has 3 N–H and O–H groups in total. The van der Waals surface area contributed by atoms with Gasteiger partial charge in [-0.25, -0.2) is 4.39 Å². The molecule has 0 aliphatic carbocycles. The van der Waals surface area contributed by atoms with Crippen LogP contribution in [-0.4, -0.2) is 42.9 Å². The van der Waals surface area contributed by atoms with E-state index in [-0.39, 0.29) is 11.5 Å². The van der Waals surface area contributed by atoms with Crippen LogP contribution in [0.25, 0.3) is 0 Å². The standard InChI is InChI=1S/C19H22FN3O3S/c1-12(26-16-5-10-27-17(16)18(21)24)13-3-4-15(20)14(11-13)19(25)23-8-2-6-22-7-9-23/h3-5,10-12,22H,2,6-9H2,1H3,(H2,21,24). The molecule has 1 aromatic heterocycles. The zero-order valence-corrected chi connectivity index (χ0v) is 15.9. The van der Waals surface area contributed by atoms with Gasteiger partial charge in [0.25, 0.3) is 11.8 Å². The molecule has 2 heterocycles. The fourth-order valence-electron chi connectivity index (χ4n) is 3.01. The number of carbonyl (C=O) groups is 2. The van der Waals surface area contributed by atoms with E-state index in [1.807, 2.05) is 0 Å². The smallest absolute Gasteiger partial charge is 0.262 e. The average Bonchev–Trinajstić information content (AvgIpc) is 2.94. The summed E-state index contributed by atoms with van der Waals surface area (Å²) in [6.07, 6.45) is 0.358. The third-order valence-corrected chi connectivity index (χ3v) is 5.38. The van der Waals surface area contributed by atoms with Gasteiger partial charge in [-0.15, -0.1) is 11.3 Å². The van der Waals surface area contributed by atoms with E-state index < -0.39 is 17.8 Å². The molecule has 1 aliphatic heterocycles. The van der Waals surface area contributed by atoms with E-state index in [0.717, 1.165) is 13.0 Å². The molecule has 1 saturated heterocycles.